The second kappa shape index (κ2) is 5.36. The van der Waals surface area contributed by atoms with E-state index in [4.69, 9.17) is 5.73 Å². The van der Waals surface area contributed by atoms with Crippen molar-refractivity contribution < 1.29 is 0 Å². The molecule has 2 N–H and O–H groups in total. The Labute approximate surface area is 123 Å². The summed E-state index contributed by atoms with van der Waals surface area (Å²) < 4.78 is 1.82. The SMILES string of the molecule is Cc1cc(N)cc(-c2nnnn2C(C)c2ccccc2)c1. The molecular weight excluding hydrogens is 262 g/mol. The summed E-state index contributed by atoms with van der Waals surface area (Å²) in [6.45, 7) is 4.09. The zero-order valence-corrected chi connectivity index (χ0v) is 12.1. The van der Waals surface area contributed by atoms with Gasteiger partial charge in [-0.1, -0.05) is 30.3 Å². The van der Waals surface area contributed by atoms with Gasteiger partial charge in [-0.05, 0) is 53.6 Å². The van der Waals surface area contributed by atoms with Gasteiger partial charge in [-0.15, -0.1) is 5.10 Å². The van der Waals surface area contributed by atoms with Crippen molar-refractivity contribution in [3.8, 4) is 11.4 Å². The Bertz CT molecular complexity index is 728. The Balaban J connectivity index is 2.05. The zero-order chi connectivity index (χ0) is 14.8. The van der Waals surface area contributed by atoms with Gasteiger partial charge in [0.25, 0.3) is 0 Å². The first-order chi connectivity index (χ1) is 10.1. The van der Waals surface area contributed by atoms with Gasteiger partial charge in [0.05, 0.1) is 6.04 Å². The largest absolute Gasteiger partial charge is 0.399 e. The number of nitrogen functional groups attached to an aromatic ring is 1. The summed E-state index contributed by atoms with van der Waals surface area (Å²) in [6.07, 6.45) is 0. The maximum absolute atomic E-state index is 5.92. The highest BCUT2D eigenvalue weighted by molar-refractivity contribution is 5.62. The van der Waals surface area contributed by atoms with Crippen LogP contribution in [-0.2, 0) is 0 Å². The highest BCUT2D eigenvalue weighted by Gasteiger charge is 2.16. The quantitative estimate of drug-likeness (QED) is 0.748. The maximum Gasteiger partial charge on any atom is 0.182 e. The molecule has 0 bridgehead atoms. The van der Waals surface area contributed by atoms with Gasteiger partial charge < -0.3 is 5.73 Å². The Morgan fingerprint density at radius 3 is 2.57 bits per heavy atom. The molecule has 5 nitrogen and oxygen atoms in total. The molecule has 106 valence electrons. The van der Waals surface area contributed by atoms with Crippen LogP contribution in [0.3, 0.4) is 0 Å². The van der Waals surface area contributed by atoms with Crippen LogP contribution in [0.5, 0.6) is 0 Å². The Hall–Kier alpha value is -2.69. The van der Waals surface area contributed by atoms with E-state index in [-0.39, 0.29) is 6.04 Å². The van der Waals surface area contributed by atoms with Crippen LogP contribution < -0.4 is 5.73 Å². The van der Waals surface area contributed by atoms with Gasteiger partial charge in [0, 0.05) is 11.3 Å². The Kier molecular flexibility index (Phi) is 3.39. The maximum atomic E-state index is 5.92. The molecule has 1 atom stereocenters. The molecule has 0 fully saturated rings. The molecule has 0 amide bonds. The molecule has 5 heteroatoms. The van der Waals surface area contributed by atoms with E-state index in [0.29, 0.717) is 5.69 Å². The van der Waals surface area contributed by atoms with E-state index in [2.05, 4.69) is 34.6 Å². The molecule has 1 unspecified atom stereocenters. The van der Waals surface area contributed by atoms with Crippen molar-refractivity contribution in [1.82, 2.24) is 20.2 Å². The normalized spacial score (nSPS) is 12.3. The number of tetrazole rings is 1. The molecule has 1 heterocycles. The van der Waals surface area contributed by atoms with Crippen LogP contribution in [-0.4, -0.2) is 20.2 Å². The summed E-state index contributed by atoms with van der Waals surface area (Å²) in [5.41, 5.74) is 9.82. The fourth-order valence-corrected chi connectivity index (χ4v) is 2.46. The summed E-state index contributed by atoms with van der Waals surface area (Å²) in [5.74, 6) is 0.724. The van der Waals surface area contributed by atoms with Gasteiger partial charge in [-0.3, -0.25) is 0 Å². The first-order valence-corrected chi connectivity index (χ1v) is 6.85. The molecule has 21 heavy (non-hydrogen) atoms. The van der Waals surface area contributed by atoms with Gasteiger partial charge in [-0.2, -0.15) is 0 Å². The van der Waals surface area contributed by atoms with Crippen LogP contribution in [0.4, 0.5) is 5.69 Å². The summed E-state index contributed by atoms with van der Waals surface area (Å²) in [6, 6.07) is 16.1. The van der Waals surface area contributed by atoms with Crippen molar-refractivity contribution in [2.45, 2.75) is 19.9 Å². The third-order valence-corrected chi connectivity index (χ3v) is 3.50. The van der Waals surface area contributed by atoms with Crippen LogP contribution in [0, 0.1) is 6.92 Å². The van der Waals surface area contributed by atoms with Crippen LogP contribution in [0.15, 0.2) is 48.5 Å². The van der Waals surface area contributed by atoms with E-state index in [9.17, 15) is 0 Å². The standard InChI is InChI=1S/C16H17N5/c1-11-8-14(10-15(17)9-11)16-18-19-20-21(16)12(2)13-6-4-3-5-7-13/h3-10,12H,17H2,1-2H3. The van der Waals surface area contributed by atoms with Crippen molar-refractivity contribution in [1.29, 1.82) is 0 Å². The Morgan fingerprint density at radius 2 is 1.86 bits per heavy atom. The number of hydrogen-bond acceptors (Lipinski definition) is 4. The average Bonchev–Trinajstić information content (AvgIpc) is 2.96. The predicted molar refractivity (Wildman–Crippen MR) is 82.7 cm³/mol. The van der Waals surface area contributed by atoms with Crippen molar-refractivity contribution in [3.63, 3.8) is 0 Å². The average molecular weight is 279 g/mol. The lowest BCUT2D eigenvalue weighted by Gasteiger charge is -2.14. The first-order valence-electron chi connectivity index (χ1n) is 6.85. The highest BCUT2D eigenvalue weighted by atomic mass is 15.5. The van der Waals surface area contributed by atoms with E-state index >= 15 is 0 Å². The minimum absolute atomic E-state index is 0.0536. The molecular formula is C16H17N5. The lowest BCUT2D eigenvalue weighted by atomic mass is 10.1. The molecule has 3 rings (SSSR count). The topological polar surface area (TPSA) is 69.6 Å². The molecule has 0 aliphatic heterocycles. The third-order valence-electron chi connectivity index (χ3n) is 3.50. The van der Waals surface area contributed by atoms with E-state index in [1.165, 1.54) is 0 Å². The summed E-state index contributed by atoms with van der Waals surface area (Å²) in [4.78, 5) is 0. The van der Waals surface area contributed by atoms with Crippen LogP contribution >= 0.6 is 0 Å². The summed E-state index contributed by atoms with van der Waals surface area (Å²) >= 11 is 0. The van der Waals surface area contributed by atoms with E-state index < -0.39 is 0 Å². The summed E-state index contributed by atoms with van der Waals surface area (Å²) in [5, 5.41) is 12.1. The first kappa shape index (κ1) is 13.3. The molecule has 0 aliphatic rings. The zero-order valence-electron chi connectivity index (χ0n) is 12.1. The predicted octanol–water partition coefficient (Wildman–Crippen LogP) is 2.84. The van der Waals surface area contributed by atoms with Crippen molar-refractivity contribution in [2.75, 3.05) is 5.73 Å². The molecule has 0 spiro atoms. The number of benzene rings is 2. The van der Waals surface area contributed by atoms with Crippen LogP contribution in [0.25, 0.3) is 11.4 Å². The van der Waals surface area contributed by atoms with Crippen LogP contribution in [0.1, 0.15) is 24.1 Å². The smallest absolute Gasteiger partial charge is 0.182 e. The number of anilines is 1. The number of aryl methyl sites for hydroxylation is 1. The van der Waals surface area contributed by atoms with Gasteiger partial charge in [0.15, 0.2) is 5.82 Å². The van der Waals surface area contributed by atoms with Gasteiger partial charge in [0.1, 0.15) is 0 Å². The molecule has 1 aromatic heterocycles. The van der Waals surface area contributed by atoms with Crippen LogP contribution in [0.2, 0.25) is 0 Å². The van der Waals surface area contributed by atoms with E-state index in [1.807, 2.05) is 48.0 Å². The minimum Gasteiger partial charge on any atom is -0.399 e. The van der Waals surface area contributed by atoms with Gasteiger partial charge >= 0.3 is 0 Å². The van der Waals surface area contributed by atoms with Gasteiger partial charge in [-0.25, -0.2) is 4.68 Å². The fraction of sp³-hybridized carbons (Fsp3) is 0.188. The van der Waals surface area contributed by atoms with Crippen molar-refractivity contribution in [2.24, 2.45) is 0 Å². The minimum atomic E-state index is 0.0536. The molecule has 0 saturated heterocycles. The van der Waals surface area contributed by atoms with E-state index in [0.717, 1.165) is 22.5 Å². The van der Waals surface area contributed by atoms with Crippen molar-refractivity contribution >= 4 is 5.69 Å². The fourth-order valence-electron chi connectivity index (χ4n) is 2.46. The second-order valence-electron chi connectivity index (χ2n) is 5.17. The second-order valence-corrected chi connectivity index (χ2v) is 5.17. The number of hydrogen-bond donors (Lipinski definition) is 1. The molecule has 0 aliphatic carbocycles. The van der Waals surface area contributed by atoms with E-state index in [1.54, 1.807) is 0 Å². The molecule has 2 aromatic carbocycles. The summed E-state index contributed by atoms with van der Waals surface area (Å²) in [7, 11) is 0. The highest BCUT2D eigenvalue weighted by Crippen LogP contribution is 2.25. The number of nitrogens with zero attached hydrogens (tertiary/aromatic N) is 4. The monoisotopic (exact) mass is 279 g/mol. The van der Waals surface area contributed by atoms with Gasteiger partial charge in [0.2, 0.25) is 0 Å². The number of aromatic nitrogens is 4. The molecule has 0 saturated carbocycles. The lowest BCUT2D eigenvalue weighted by Crippen LogP contribution is -2.10. The number of nitrogens with two attached hydrogens (primary N) is 1. The Morgan fingerprint density at radius 1 is 1.10 bits per heavy atom. The van der Waals surface area contributed by atoms with Crippen molar-refractivity contribution in [3.05, 3.63) is 59.7 Å². The number of rotatable bonds is 3. The third kappa shape index (κ3) is 2.63. The molecule has 0 radical (unpaired) electrons. The molecule has 3 aromatic rings. The lowest BCUT2D eigenvalue weighted by molar-refractivity contribution is 0.548.